The summed E-state index contributed by atoms with van der Waals surface area (Å²) in [4.78, 5) is 26.2. The molecule has 0 amide bonds. The van der Waals surface area contributed by atoms with Crippen molar-refractivity contribution in [2.45, 2.75) is 24.9 Å². The summed E-state index contributed by atoms with van der Waals surface area (Å²) in [5.74, 6) is 0. The predicted molar refractivity (Wildman–Crippen MR) is 78.4 cm³/mol. The van der Waals surface area contributed by atoms with Gasteiger partial charge >= 0.3 is 5.69 Å². The molecule has 1 aliphatic heterocycles. The van der Waals surface area contributed by atoms with Crippen LogP contribution in [0.25, 0.3) is 11.1 Å². The van der Waals surface area contributed by atoms with Gasteiger partial charge in [-0.25, -0.2) is 4.79 Å². The third-order valence-electron chi connectivity index (χ3n) is 3.75. The second-order valence-corrected chi connectivity index (χ2v) is 5.19. The van der Waals surface area contributed by atoms with E-state index in [0.717, 1.165) is 0 Å². The number of nitrogens with zero attached hydrogens (tertiary/aromatic N) is 1. The minimum atomic E-state index is -0.853. The molecule has 2 aromatic rings. The van der Waals surface area contributed by atoms with Crippen LogP contribution in [0.15, 0.2) is 46.1 Å². The van der Waals surface area contributed by atoms with Gasteiger partial charge in [-0.1, -0.05) is 30.3 Å². The monoisotopic (exact) mass is 304 g/mol. The molecule has 1 fully saturated rings. The van der Waals surface area contributed by atoms with Crippen LogP contribution in [0.1, 0.15) is 12.6 Å². The molecular formula is C15H16N2O5. The number of aliphatic hydroxyl groups is 2. The fourth-order valence-corrected chi connectivity index (χ4v) is 2.57. The Balaban J connectivity index is 2.03. The molecule has 1 aromatic heterocycles. The lowest BCUT2D eigenvalue weighted by Crippen LogP contribution is -2.33. The molecule has 0 spiro atoms. The number of aromatic amines is 1. The summed E-state index contributed by atoms with van der Waals surface area (Å²) in [6.07, 6.45) is -0.712. The largest absolute Gasteiger partial charge is 0.394 e. The smallest absolute Gasteiger partial charge is 0.330 e. The van der Waals surface area contributed by atoms with Crippen LogP contribution in [-0.2, 0) is 4.74 Å². The molecule has 3 unspecified atom stereocenters. The lowest BCUT2D eigenvalue weighted by atomic mass is 10.1. The number of aliphatic hydroxyl groups excluding tert-OH is 2. The van der Waals surface area contributed by atoms with Crippen molar-refractivity contribution < 1.29 is 14.9 Å². The first-order chi connectivity index (χ1) is 10.6. The van der Waals surface area contributed by atoms with Crippen LogP contribution in [0.3, 0.4) is 0 Å². The lowest BCUT2D eigenvalue weighted by molar-refractivity contribution is -0.0458. The number of benzene rings is 1. The molecule has 1 aliphatic rings. The summed E-state index contributed by atoms with van der Waals surface area (Å²) < 4.78 is 6.70. The van der Waals surface area contributed by atoms with E-state index in [-0.39, 0.29) is 13.0 Å². The summed E-state index contributed by atoms with van der Waals surface area (Å²) in [6, 6.07) is 8.94. The first-order valence-electron chi connectivity index (χ1n) is 6.95. The molecule has 3 N–H and O–H groups in total. The van der Waals surface area contributed by atoms with E-state index in [9.17, 15) is 14.7 Å². The van der Waals surface area contributed by atoms with E-state index < -0.39 is 29.7 Å². The zero-order chi connectivity index (χ0) is 15.7. The lowest BCUT2D eigenvalue weighted by Gasteiger charge is -2.15. The van der Waals surface area contributed by atoms with Crippen molar-refractivity contribution in [3.63, 3.8) is 0 Å². The zero-order valence-corrected chi connectivity index (χ0v) is 11.7. The van der Waals surface area contributed by atoms with Crippen LogP contribution >= 0.6 is 0 Å². The zero-order valence-electron chi connectivity index (χ0n) is 11.7. The number of hydrogen-bond donors (Lipinski definition) is 3. The van der Waals surface area contributed by atoms with E-state index in [1.807, 2.05) is 6.07 Å². The van der Waals surface area contributed by atoms with Crippen molar-refractivity contribution in [1.29, 1.82) is 0 Å². The highest BCUT2D eigenvalue weighted by molar-refractivity contribution is 5.60. The van der Waals surface area contributed by atoms with Crippen LogP contribution in [0, 0.1) is 0 Å². The molecule has 1 aromatic carbocycles. The molecule has 0 aliphatic carbocycles. The highest BCUT2D eigenvalue weighted by Crippen LogP contribution is 2.27. The van der Waals surface area contributed by atoms with E-state index >= 15 is 0 Å². The van der Waals surface area contributed by atoms with Gasteiger partial charge in [0.2, 0.25) is 0 Å². The fourth-order valence-electron chi connectivity index (χ4n) is 2.57. The van der Waals surface area contributed by atoms with E-state index in [1.54, 1.807) is 24.3 Å². The van der Waals surface area contributed by atoms with Crippen molar-refractivity contribution >= 4 is 0 Å². The summed E-state index contributed by atoms with van der Waals surface area (Å²) in [6.45, 7) is -0.332. The van der Waals surface area contributed by atoms with Crippen molar-refractivity contribution in [3.05, 3.63) is 57.4 Å². The molecule has 2 heterocycles. The number of hydrogen-bond acceptors (Lipinski definition) is 5. The second-order valence-electron chi connectivity index (χ2n) is 5.19. The van der Waals surface area contributed by atoms with Crippen LogP contribution in [0.2, 0.25) is 0 Å². The van der Waals surface area contributed by atoms with Crippen molar-refractivity contribution in [3.8, 4) is 11.1 Å². The summed E-state index contributed by atoms with van der Waals surface area (Å²) in [5, 5.41) is 18.9. The van der Waals surface area contributed by atoms with Crippen molar-refractivity contribution in [2.24, 2.45) is 0 Å². The fraction of sp³-hybridized carbons (Fsp3) is 0.333. The van der Waals surface area contributed by atoms with Gasteiger partial charge in [0.05, 0.1) is 18.3 Å². The number of ether oxygens (including phenoxy) is 1. The molecule has 3 rings (SSSR count). The van der Waals surface area contributed by atoms with E-state index in [0.29, 0.717) is 11.1 Å². The Kier molecular flexibility index (Phi) is 3.93. The Labute approximate surface area is 125 Å². The van der Waals surface area contributed by atoms with Gasteiger partial charge in [0.1, 0.15) is 12.3 Å². The van der Waals surface area contributed by atoms with Gasteiger partial charge in [-0.2, -0.15) is 0 Å². The first-order valence-corrected chi connectivity index (χ1v) is 6.95. The maximum absolute atomic E-state index is 12.0. The van der Waals surface area contributed by atoms with Gasteiger partial charge in [0, 0.05) is 12.6 Å². The molecule has 116 valence electrons. The van der Waals surface area contributed by atoms with Crippen LogP contribution in [0.5, 0.6) is 0 Å². The Bertz CT molecular complexity index is 767. The Morgan fingerprint density at radius 3 is 2.64 bits per heavy atom. The molecule has 0 radical (unpaired) electrons. The van der Waals surface area contributed by atoms with Gasteiger partial charge in [-0.3, -0.25) is 14.3 Å². The standard InChI is InChI=1S/C15H16N2O5/c18-8-12-11(19)6-13(22-12)17-7-10(14(20)16-15(17)21)9-4-2-1-3-5-9/h1-5,7,11-13,18-19H,6,8H2,(H,16,20,21). The summed E-state index contributed by atoms with van der Waals surface area (Å²) in [5.41, 5.74) is -0.0781. The van der Waals surface area contributed by atoms with E-state index in [1.165, 1.54) is 10.8 Å². The Hall–Kier alpha value is -2.22. The molecule has 0 bridgehead atoms. The molecule has 7 heteroatoms. The van der Waals surface area contributed by atoms with E-state index in [4.69, 9.17) is 9.84 Å². The van der Waals surface area contributed by atoms with Crippen LogP contribution in [0.4, 0.5) is 0 Å². The van der Waals surface area contributed by atoms with Gasteiger partial charge in [0.25, 0.3) is 5.56 Å². The average molecular weight is 304 g/mol. The number of aromatic nitrogens is 2. The van der Waals surface area contributed by atoms with E-state index in [2.05, 4.69) is 4.98 Å². The maximum atomic E-state index is 12.0. The Morgan fingerprint density at radius 1 is 1.27 bits per heavy atom. The maximum Gasteiger partial charge on any atom is 0.330 e. The quantitative estimate of drug-likeness (QED) is 0.731. The average Bonchev–Trinajstić information content (AvgIpc) is 2.89. The number of H-pyrrole nitrogens is 1. The van der Waals surface area contributed by atoms with Crippen molar-refractivity contribution in [2.75, 3.05) is 6.61 Å². The third-order valence-corrected chi connectivity index (χ3v) is 3.75. The minimum Gasteiger partial charge on any atom is -0.394 e. The van der Waals surface area contributed by atoms with Gasteiger partial charge in [-0.05, 0) is 5.56 Å². The van der Waals surface area contributed by atoms with Crippen LogP contribution < -0.4 is 11.2 Å². The second kappa shape index (κ2) is 5.88. The summed E-state index contributed by atoms with van der Waals surface area (Å²) >= 11 is 0. The highest BCUT2D eigenvalue weighted by Gasteiger charge is 2.35. The number of nitrogens with one attached hydrogen (secondary N) is 1. The molecule has 1 saturated heterocycles. The molecule has 7 nitrogen and oxygen atoms in total. The Morgan fingerprint density at radius 2 is 2.00 bits per heavy atom. The molecule has 0 saturated carbocycles. The third kappa shape index (κ3) is 2.61. The topological polar surface area (TPSA) is 105 Å². The SMILES string of the molecule is O=c1[nH]c(=O)n(C2CC(O)C(CO)O2)cc1-c1ccccc1. The van der Waals surface area contributed by atoms with Gasteiger partial charge in [-0.15, -0.1) is 0 Å². The number of rotatable bonds is 3. The molecule has 3 atom stereocenters. The normalized spacial score (nSPS) is 24.5. The van der Waals surface area contributed by atoms with Crippen LogP contribution in [-0.4, -0.2) is 38.6 Å². The minimum absolute atomic E-state index is 0.172. The molecule has 22 heavy (non-hydrogen) atoms. The van der Waals surface area contributed by atoms with Gasteiger partial charge < -0.3 is 14.9 Å². The van der Waals surface area contributed by atoms with Crippen molar-refractivity contribution in [1.82, 2.24) is 9.55 Å². The summed E-state index contributed by atoms with van der Waals surface area (Å²) in [7, 11) is 0. The predicted octanol–water partition coefficient (Wildman–Crippen LogP) is -0.156. The highest BCUT2D eigenvalue weighted by atomic mass is 16.5. The van der Waals surface area contributed by atoms with Gasteiger partial charge in [0.15, 0.2) is 0 Å². The first kappa shape index (κ1) is 14.7. The molecular weight excluding hydrogens is 288 g/mol.